The number of nitrogens with one attached hydrogen (secondary N) is 2. The van der Waals surface area contributed by atoms with E-state index in [0.717, 1.165) is 5.56 Å². The summed E-state index contributed by atoms with van der Waals surface area (Å²) in [5.41, 5.74) is 1.94. The number of allylic oxidation sites excluding steroid dienone is 1. The van der Waals surface area contributed by atoms with Gasteiger partial charge in [-0.25, -0.2) is 9.59 Å². The number of aliphatic carboxylic acids is 1. The number of hydrogen-bond acceptors (Lipinski definition) is 5. The van der Waals surface area contributed by atoms with Gasteiger partial charge in [-0.05, 0) is 60.6 Å². The fourth-order valence-electron chi connectivity index (χ4n) is 2.79. The molecule has 1 aromatic heterocycles. The van der Waals surface area contributed by atoms with Crippen molar-refractivity contribution in [3.05, 3.63) is 76.2 Å². The lowest BCUT2D eigenvalue weighted by atomic mass is 9.96. The molecule has 1 aromatic carbocycles. The van der Waals surface area contributed by atoms with Gasteiger partial charge in [-0.3, -0.25) is 4.98 Å². The highest BCUT2D eigenvalue weighted by atomic mass is 35.5. The molecule has 2 heterocycles. The molecule has 1 aliphatic rings. The van der Waals surface area contributed by atoms with Crippen molar-refractivity contribution in [1.29, 1.82) is 0 Å². The number of benzene rings is 1. The van der Waals surface area contributed by atoms with Gasteiger partial charge in [0.2, 0.25) is 0 Å². The van der Waals surface area contributed by atoms with Crippen LogP contribution < -0.4 is 15.4 Å². The lowest BCUT2D eigenvalue weighted by Gasteiger charge is -2.29. The summed E-state index contributed by atoms with van der Waals surface area (Å²) in [7, 11) is 0. The third-order valence-corrected chi connectivity index (χ3v) is 4.63. The van der Waals surface area contributed by atoms with Crippen LogP contribution in [0.3, 0.4) is 0 Å². The number of carboxylic acids is 1. The van der Waals surface area contributed by atoms with Crippen molar-refractivity contribution in [1.82, 2.24) is 15.6 Å². The molecule has 1 atom stereocenters. The number of aromatic nitrogens is 1. The number of ether oxygens (including phenoxy) is 1. The molecule has 2 aromatic rings. The Morgan fingerprint density at radius 1 is 1.28 bits per heavy atom. The lowest BCUT2D eigenvalue weighted by Crippen LogP contribution is -2.44. The largest absolute Gasteiger partial charge is 0.478 e. The van der Waals surface area contributed by atoms with Crippen molar-refractivity contribution in [2.75, 3.05) is 0 Å². The fourth-order valence-corrected chi connectivity index (χ4v) is 3.29. The molecule has 29 heavy (non-hydrogen) atoms. The van der Waals surface area contributed by atoms with Crippen LogP contribution >= 0.6 is 23.8 Å². The van der Waals surface area contributed by atoms with Crippen LogP contribution in [0.25, 0.3) is 6.08 Å². The number of nitrogens with zero attached hydrogens (tertiary/aromatic N) is 1. The first-order valence-corrected chi connectivity index (χ1v) is 9.24. The summed E-state index contributed by atoms with van der Waals surface area (Å²) in [6.07, 6.45) is 6.10. The minimum absolute atomic E-state index is 0.125. The Labute approximate surface area is 177 Å². The molecule has 7 nitrogen and oxygen atoms in total. The quantitative estimate of drug-likeness (QED) is 0.288. The smallest absolute Gasteiger partial charge is 0.336 e. The van der Waals surface area contributed by atoms with Crippen LogP contribution in [0, 0.1) is 0 Å². The minimum atomic E-state index is -1.08. The third kappa shape index (κ3) is 4.98. The average Bonchev–Trinajstić information content (AvgIpc) is 2.67. The predicted octanol–water partition coefficient (Wildman–Crippen LogP) is 3.23. The maximum atomic E-state index is 12.0. The zero-order chi connectivity index (χ0) is 21.0. The molecule has 0 amide bonds. The zero-order valence-corrected chi connectivity index (χ0v) is 16.8. The standard InChI is InChI=1S/C20H16ClN3O4S/c1-11-17(19(26)27)18(24-20(29)23-11)13-3-4-15(14(21)10-13)28-16(25)5-2-12-6-8-22-9-7-12/h2-10,18H,1H3,(H,26,27)(H2,23,24,29). The second kappa shape index (κ2) is 8.85. The van der Waals surface area contributed by atoms with Gasteiger partial charge in [0.05, 0.1) is 16.6 Å². The Bertz CT molecular complexity index is 1040. The van der Waals surface area contributed by atoms with Crippen molar-refractivity contribution in [2.45, 2.75) is 13.0 Å². The molecule has 0 saturated carbocycles. The molecule has 0 saturated heterocycles. The molecule has 0 aliphatic carbocycles. The first kappa shape index (κ1) is 20.5. The molecule has 3 N–H and O–H groups in total. The summed E-state index contributed by atoms with van der Waals surface area (Å²) >= 11 is 11.4. The average molecular weight is 430 g/mol. The highest BCUT2D eigenvalue weighted by Gasteiger charge is 2.30. The molecule has 9 heteroatoms. The van der Waals surface area contributed by atoms with Crippen molar-refractivity contribution >= 4 is 46.9 Å². The van der Waals surface area contributed by atoms with Crippen molar-refractivity contribution in [3.8, 4) is 5.75 Å². The molecule has 1 unspecified atom stereocenters. The summed E-state index contributed by atoms with van der Waals surface area (Å²) < 4.78 is 5.27. The molecule has 0 fully saturated rings. The van der Waals surface area contributed by atoms with Crippen LogP contribution in [-0.4, -0.2) is 27.1 Å². The van der Waals surface area contributed by atoms with Gasteiger partial charge in [-0.2, -0.15) is 0 Å². The number of carbonyl (C=O) groups excluding carboxylic acids is 1. The van der Waals surface area contributed by atoms with E-state index in [-0.39, 0.29) is 16.3 Å². The zero-order valence-electron chi connectivity index (χ0n) is 15.2. The Kier molecular flexibility index (Phi) is 6.26. The van der Waals surface area contributed by atoms with Gasteiger partial charge in [0.15, 0.2) is 5.11 Å². The van der Waals surface area contributed by atoms with Gasteiger partial charge >= 0.3 is 11.9 Å². The summed E-state index contributed by atoms with van der Waals surface area (Å²) in [6.45, 7) is 1.64. The molecule has 3 rings (SSSR count). The summed E-state index contributed by atoms with van der Waals surface area (Å²) in [5.74, 6) is -1.52. The highest BCUT2D eigenvalue weighted by molar-refractivity contribution is 7.80. The molecule has 148 valence electrons. The predicted molar refractivity (Wildman–Crippen MR) is 112 cm³/mol. The molecule has 0 spiro atoms. The topological polar surface area (TPSA) is 101 Å². The number of hydrogen-bond donors (Lipinski definition) is 3. The van der Waals surface area contributed by atoms with Crippen LogP contribution in [0.2, 0.25) is 5.02 Å². The molecular formula is C20H16ClN3O4S. The second-order valence-corrected chi connectivity index (χ2v) is 6.92. The Hall–Kier alpha value is -3.23. The number of halogens is 1. The molecule has 0 bridgehead atoms. The van der Waals surface area contributed by atoms with Crippen molar-refractivity contribution in [2.24, 2.45) is 0 Å². The molecular weight excluding hydrogens is 414 g/mol. The Morgan fingerprint density at radius 2 is 2.00 bits per heavy atom. The minimum Gasteiger partial charge on any atom is -0.478 e. The van der Waals surface area contributed by atoms with Crippen LogP contribution in [0.5, 0.6) is 5.75 Å². The Balaban J connectivity index is 1.79. The highest BCUT2D eigenvalue weighted by Crippen LogP contribution is 2.32. The van der Waals surface area contributed by atoms with Crippen LogP contribution in [0.1, 0.15) is 24.1 Å². The van der Waals surface area contributed by atoms with E-state index in [0.29, 0.717) is 16.4 Å². The first-order valence-electron chi connectivity index (χ1n) is 8.46. The van der Waals surface area contributed by atoms with Gasteiger partial charge in [-0.1, -0.05) is 17.7 Å². The van der Waals surface area contributed by atoms with E-state index in [9.17, 15) is 14.7 Å². The maximum absolute atomic E-state index is 12.0. The third-order valence-electron chi connectivity index (χ3n) is 4.12. The summed E-state index contributed by atoms with van der Waals surface area (Å²) in [6, 6.07) is 7.49. The number of thiocarbonyl (C=S) groups is 1. The van der Waals surface area contributed by atoms with E-state index in [1.165, 1.54) is 12.1 Å². The number of esters is 1. The van der Waals surface area contributed by atoms with Gasteiger partial charge in [0.1, 0.15) is 5.75 Å². The van der Waals surface area contributed by atoms with Crippen LogP contribution in [0.15, 0.2) is 60.1 Å². The number of rotatable bonds is 5. The second-order valence-electron chi connectivity index (χ2n) is 6.10. The van der Waals surface area contributed by atoms with Gasteiger partial charge in [0, 0.05) is 24.2 Å². The van der Waals surface area contributed by atoms with E-state index >= 15 is 0 Å². The van der Waals surface area contributed by atoms with Crippen molar-refractivity contribution in [3.63, 3.8) is 0 Å². The number of pyridine rings is 1. The first-order chi connectivity index (χ1) is 13.8. The Morgan fingerprint density at radius 3 is 2.66 bits per heavy atom. The van der Waals surface area contributed by atoms with E-state index in [2.05, 4.69) is 15.6 Å². The SMILES string of the molecule is CC1=C(C(=O)O)C(c2ccc(OC(=O)C=Cc3ccncc3)c(Cl)c2)NC(=S)N1. The van der Waals surface area contributed by atoms with E-state index in [4.69, 9.17) is 28.6 Å². The fraction of sp³-hybridized carbons (Fsp3) is 0.100. The van der Waals surface area contributed by atoms with Crippen molar-refractivity contribution < 1.29 is 19.4 Å². The van der Waals surface area contributed by atoms with E-state index in [1.54, 1.807) is 49.7 Å². The monoisotopic (exact) mass is 429 g/mol. The molecule has 0 radical (unpaired) electrons. The van der Waals surface area contributed by atoms with Gasteiger partial charge < -0.3 is 20.5 Å². The number of carbonyl (C=O) groups is 2. The summed E-state index contributed by atoms with van der Waals surface area (Å²) in [5, 5.41) is 15.7. The van der Waals surface area contributed by atoms with Crippen LogP contribution in [-0.2, 0) is 9.59 Å². The number of carboxylic acid groups (broad SMARTS) is 1. The van der Waals surface area contributed by atoms with Gasteiger partial charge in [-0.15, -0.1) is 0 Å². The summed E-state index contributed by atoms with van der Waals surface area (Å²) in [4.78, 5) is 27.6. The normalized spacial score (nSPS) is 16.3. The maximum Gasteiger partial charge on any atom is 0.336 e. The lowest BCUT2D eigenvalue weighted by molar-refractivity contribution is -0.133. The van der Waals surface area contributed by atoms with Crippen LogP contribution in [0.4, 0.5) is 0 Å². The molecule has 1 aliphatic heterocycles. The van der Waals surface area contributed by atoms with E-state index < -0.39 is 18.0 Å². The van der Waals surface area contributed by atoms with Gasteiger partial charge in [0.25, 0.3) is 0 Å². The van der Waals surface area contributed by atoms with E-state index in [1.807, 2.05) is 0 Å².